The molecule has 2 atom stereocenters. The minimum Gasteiger partial charge on any atom is -0.396 e. The number of aliphatic hydroxyl groups is 1. The first-order valence-corrected chi connectivity index (χ1v) is 7.35. The van der Waals surface area contributed by atoms with Crippen LogP contribution in [0.3, 0.4) is 0 Å². The third-order valence-electron chi connectivity index (χ3n) is 3.85. The van der Waals surface area contributed by atoms with Gasteiger partial charge in [0, 0.05) is 30.1 Å². The molecule has 2 unspecified atom stereocenters. The van der Waals surface area contributed by atoms with E-state index in [1.54, 1.807) is 0 Å². The number of hydrogen-bond donors (Lipinski definition) is 2. The van der Waals surface area contributed by atoms with E-state index in [4.69, 9.17) is 5.11 Å². The van der Waals surface area contributed by atoms with Gasteiger partial charge in [0.05, 0.1) is 0 Å². The molecular weight excluding hydrogens is 234 g/mol. The van der Waals surface area contributed by atoms with Gasteiger partial charge >= 0.3 is 0 Å². The molecule has 2 aliphatic carbocycles. The summed E-state index contributed by atoms with van der Waals surface area (Å²) in [6, 6.07) is 0.488. The fourth-order valence-corrected chi connectivity index (χ4v) is 3.41. The van der Waals surface area contributed by atoms with E-state index in [0.717, 1.165) is 17.4 Å². The van der Waals surface area contributed by atoms with Gasteiger partial charge in [-0.2, -0.15) is 4.37 Å². The molecule has 3 rings (SSSR count). The highest BCUT2D eigenvalue weighted by atomic mass is 32.1. The van der Waals surface area contributed by atoms with E-state index < -0.39 is 0 Å². The van der Waals surface area contributed by atoms with E-state index in [0.29, 0.717) is 24.5 Å². The molecule has 2 fully saturated rings. The topological polar surface area (TPSA) is 58.0 Å². The van der Waals surface area contributed by atoms with Crippen molar-refractivity contribution in [1.82, 2.24) is 9.36 Å². The number of hydrogen-bond acceptors (Lipinski definition) is 5. The molecule has 94 valence electrons. The van der Waals surface area contributed by atoms with Gasteiger partial charge in [0.1, 0.15) is 5.82 Å². The first kappa shape index (κ1) is 11.4. The molecular formula is C12H19N3OS. The van der Waals surface area contributed by atoms with E-state index in [1.807, 2.05) is 0 Å². The maximum atomic E-state index is 9.04. The Morgan fingerprint density at radius 2 is 2.18 bits per heavy atom. The lowest BCUT2D eigenvalue weighted by Gasteiger charge is -2.19. The van der Waals surface area contributed by atoms with Crippen molar-refractivity contribution in [3.8, 4) is 0 Å². The summed E-state index contributed by atoms with van der Waals surface area (Å²) in [5.74, 6) is 2.28. The van der Waals surface area contributed by atoms with Crippen LogP contribution in [-0.4, -0.2) is 27.1 Å². The highest BCUT2D eigenvalue weighted by Crippen LogP contribution is 2.39. The molecule has 1 aromatic heterocycles. The quantitative estimate of drug-likeness (QED) is 0.846. The third kappa shape index (κ3) is 2.60. The molecule has 0 bridgehead atoms. The van der Waals surface area contributed by atoms with Crippen molar-refractivity contribution in [1.29, 1.82) is 0 Å². The first-order chi connectivity index (χ1) is 8.36. The van der Waals surface area contributed by atoms with Crippen LogP contribution < -0.4 is 5.32 Å². The van der Waals surface area contributed by atoms with Gasteiger partial charge in [-0.1, -0.05) is 6.42 Å². The Hall–Kier alpha value is -0.680. The Kier molecular flexibility index (Phi) is 3.29. The minimum absolute atomic E-state index is 0.298. The number of aliphatic hydroxyl groups excluding tert-OH is 1. The van der Waals surface area contributed by atoms with Crippen molar-refractivity contribution in [2.24, 2.45) is 5.92 Å². The van der Waals surface area contributed by atoms with Crippen LogP contribution in [0.4, 0.5) is 5.13 Å². The predicted molar refractivity (Wildman–Crippen MR) is 68.3 cm³/mol. The van der Waals surface area contributed by atoms with Gasteiger partial charge in [-0.05, 0) is 38.0 Å². The number of nitrogens with zero attached hydrogens (tertiary/aromatic N) is 2. The zero-order valence-corrected chi connectivity index (χ0v) is 10.7. The Bertz CT molecular complexity index is 378. The Labute approximate surface area is 106 Å². The zero-order chi connectivity index (χ0) is 11.7. The molecule has 0 amide bonds. The molecule has 2 N–H and O–H groups in total. The van der Waals surface area contributed by atoms with Crippen LogP contribution in [0, 0.1) is 5.92 Å². The highest BCUT2D eigenvalue weighted by molar-refractivity contribution is 7.09. The van der Waals surface area contributed by atoms with Gasteiger partial charge in [0.25, 0.3) is 0 Å². The van der Waals surface area contributed by atoms with Gasteiger partial charge in [-0.25, -0.2) is 4.98 Å². The van der Waals surface area contributed by atoms with Crippen LogP contribution in [0.15, 0.2) is 0 Å². The van der Waals surface area contributed by atoms with Crippen molar-refractivity contribution in [2.75, 3.05) is 11.9 Å². The third-order valence-corrected chi connectivity index (χ3v) is 4.51. The van der Waals surface area contributed by atoms with Gasteiger partial charge in [0.2, 0.25) is 5.13 Å². The second-order valence-electron chi connectivity index (χ2n) is 5.19. The standard InChI is InChI=1S/C12H19N3OS/c16-7-6-8-2-1-3-10(8)13-12-14-11(15-17-12)9-4-5-9/h8-10,16H,1-7H2,(H,13,14,15). The monoisotopic (exact) mass is 253 g/mol. The highest BCUT2D eigenvalue weighted by Gasteiger charge is 2.30. The average Bonchev–Trinajstić information content (AvgIpc) is 2.93. The van der Waals surface area contributed by atoms with Gasteiger partial charge in [-0.15, -0.1) is 0 Å². The zero-order valence-electron chi connectivity index (χ0n) is 9.93. The largest absolute Gasteiger partial charge is 0.396 e. The van der Waals surface area contributed by atoms with Gasteiger partial charge in [-0.3, -0.25) is 0 Å². The number of rotatable bonds is 5. The Morgan fingerprint density at radius 3 is 2.94 bits per heavy atom. The van der Waals surface area contributed by atoms with Crippen molar-refractivity contribution in [2.45, 2.75) is 50.5 Å². The lowest BCUT2D eigenvalue weighted by atomic mass is 10.0. The van der Waals surface area contributed by atoms with Crippen molar-refractivity contribution in [3.63, 3.8) is 0 Å². The number of aromatic nitrogens is 2. The summed E-state index contributed by atoms with van der Waals surface area (Å²) in [4.78, 5) is 4.56. The van der Waals surface area contributed by atoms with Crippen LogP contribution in [0.25, 0.3) is 0 Å². The van der Waals surface area contributed by atoms with Crippen LogP contribution in [-0.2, 0) is 0 Å². The normalized spacial score (nSPS) is 28.5. The van der Waals surface area contributed by atoms with Gasteiger partial charge in [0.15, 0.2) is 0 Å². The number of anilines is 1. The van der Waals surface area contributed by atoms with E-state index in [9.17, 15) is 0 Å². The lowest BCUT2D eigenvalue weighted by molar-refractivity contribution is 0.254. The second-order valence-corrected chi connectivity index (χ2v) is 5.94. The molecule has 2 saturated carbocycles. The molecule has 2 aliphatic rings. The fourth-order valence-electron chi connectivity index (χ4n) is 2.70. The maximum Gasteiger partial charge on any atom is 0.202 e. The summed E-state index contributed by atoms with van der Waals surface area (Å²) in [6.07, 6.45) is 7.11. The van der Waals surface area contributed by atoms with E-state index in [1.165, 1.54) is 43.6 Å². The average molecular weight is 253 g/mol. The summed E-state index contributed by atoms with van der Waals surface area (Å²) < 4.78 is 4.41. The van der Waals surface area contributed by atoms with Crippen LogP contribution >= 0.6 is 11.5 Å². The SMILES string of the molecule is OCCC1CCCC1Nc1nc(C2CC2)ns1. The first-order valence-electron chi connectivity index (χ1n) is 6.58. The predicted octanol–water partition coefficient (Wildman–Crippen LogP) is 2.38. The molecule has 1 aromatic rings. The lowest BCUT2D eigenvalue weighted by Crippen LogP contribution is -2.24. The number of nitrogens with one attached hydrogen (secondary N) is 1. The van der Waals surface area contributed by atoms with Crippen molar-refractivity contribution >= 4 is 16.7 Å². The molecule has 0 saturated heterocycles. The molecule has 17 heavy (non-hydrogen) atoms. The van der Waals surface area contributed by atoms with Crippen LogP contribution in [0.2, 0.25) is 0 Å². The summed E-state index contributed by atoms with van der Waals surface area (Å²) in [5, 5.41) is 13.5. The fraction of sp³-hybridized carbons (Fsp3) is 0.833. The molecule has 0 spiro atoms. The van der Waals surface area contributed by atoms with E-state index >= 15 is 0 Å². The minimum atomic E-state index is 0.298. The maximum absolute atomic E-state index is 9.04. The van der Waals surface area contributed by atoms with Gasteiger partial charge < -0.3 is 10.4 Å². The molecule has 4 nitrogen and oxygen atoms in total. The molecule has 1 heterocycles. The van der Waals surface area contributed by atoms with Crippen molar-refractivity contribution < 1.29 is 5.11 Å². The Balaban J connectivity index is 1.60. The molecule has 0 aliphatic heterocycles. The Morgan fingerprint density at radius 1 is 1.29 bits per heavy atom. The van der Waals surface area contributed by atoms with Crippen LogP contribution in [0.1, 0.15) is 50.3 Å². The molecule has 0 radical (unpaired) electrons. The molecule has 5 heteroatoms. The van der Waals surface area contributed by atoms with Crippen molar-refractivity contribution in [3.05, 3.63) is 5.82 Å². The van der Waals surface area contributed by atoms with E-state index in [-0.39, 0.29) is 0 Å². The smallest absolute Gasteiger partial charge is 0.202 e. The summed E-state index contributed by atoms with van der Waals surface area (Å²) in [5.41, 5.74) is 0. The van der Waals surface area contributed by atoms with E-state index in [2.05, 4.69) is 14.7 Å². The summed E-state index contributed by atoms with van der Waals surface area (Å²) in [6.45, 7) is 0.298. The summed E-state index contributed by atoms with van der Waals surface area (Å²) in [7, 11) is 0. The molecule has 0 aromatic carbocycles. The second kappa shape index (κ2) is 4.90. The van der Waals surface area contributed by atoms with Crippen LogP contribution in [0.5, 0.6) is 0 Å². The summed E-state index contributed by atoms with van der Waals surface area (Å²) >= 11 is 1.49.